The quantitative estimate of drug-likeness (QED) is 0.879. The Labute approximate surface area is 124 Å². The molecule has 21 heavy (non-hydrogen) atoms. The van der Waals surface area contributed by atoms with Crippen LogP contribution in [0.5, 0.6) is 11.5 Å². The number of benzene rings is 2. The zero-order valence-electron chi connectivity index (χ0n) is 12.5. The Hall–Kier alpha value is -2.07. The highest BCUT2D eigenvalue weighted by Crippen LogP contribution is 2.25. The minimum absolute atomic E-state index is 0.0486. The van der Waals surface area contributed by atoms with Gasteiger partial charge in [-0.2, -0.15) is 0 Å². The van der Waals surface area contributed by atoms with Crippen molar-refractivity contribution in [3.63, 3.8) is 0 Å². The number of halogens is 1. The number of hydrogen-bond acceptors (Lipinski definition) is 3. The van der Waals surface area contributed by atoms with Gasteiger partial charge in [-0.05, 0) is 30.7 Å². The molecule has 0 fully saturated rings. The van der Waals surface area contributed by atoms with Gasteiger partial charge in [-0.1, -0.05) is 18.2 Å². The monoisotopic (exact) mass is 289 g/mol. The van der Waals surface area contributed by atoms with Crippen LogP contribution >= 0.6 is 0 Å². The molecule has 0 saturated carbocycles. The van der Waals surface area contributed by atoms with Crippen molar-refractivity contribution in [2.45, 2.75) is 19.5 Å². The number of hydrogen-bond donors (Lipinski definition) is 1. The first-order valence-corrected chi connectivity index (χ1v) is 6.83. The summed E-state index contributed by atoms with van der Waals surface area (Å²) in [6.07, 6.45) is 0. The molecule has 4 heteroatoms. The van der Waals surface area contributed by atoms with Gasteiger partial charge in [0.1, 0.15) is 17.3 Å². The Kier molecular flexibility index (Phi) is 5.17. The van der Waals surface area contributed by atoms with Crippen molar-refractivity contribution in [3.05, 3.63) is 59.4 Å². The van der Waals surface area contributed by atoms with Crippen LogP contribution in [0.2, 0.25) is 0 Å². The Morgan fingerprint density at radius 3 is 2.57 bits per heavy atom. The molecule has 2 rings (SSSR count). The summed E-state index contributed by atoms with van der Waals surface area (Å²) in [5.74, 6) is 1.31. The van der Waals surface area contributed by atoms with Crippen LogP contribution in [0, 0.1) is 5.82 Å². The molecule has 112 valence electrons. The summed E-state index contributed by atoms with van der Waals surface area (Å²) >= 11 is 0. The second-order valence-corrected chi connectivity index (χ2v) is 4.84. The summed E-state index contributed by atoms with van der Waals surface area (Å²) in [6, 6.07) is 12.4. The summed E-state index contributed by atoms with van der Waals surface area (Å²) in [4.78, 5) is 0. The van der Waals surface area contributed by atoms with Crippen LogP contribution in [0.25, 0.3) is 0 Å². The molecule has 2 aromatic carbocycles. The van der Waals surface area contributed by atoms with Crippen LogP contribution in [0.3, 0.4) is 0 Å². The first-order valence-electron chi connectivity index (χ1n) is 6.83. The normalized spacial score (nSPS) is 12.0. The zero-order valence-corrected chi connectivity index (χ0v) is 12.5. The van der Waals surface area contributed by atoms with Gasteiger partial charge in [0.2, 0.25) is 0 Å². The highest BCUT2D eigenvalue weighted by atomic mass is 19.1. The van der Waals surface area contributed by atoms with E-state index < -0.39 is 0 Å². The topological polar surface area (TPSA) is 30.5 Å². The third kappa shape index (κ3) is 3.95. The molecule has 1 atom stereocenters. The highest BCUT2D eigenvalue weighted by molar-refractivity contribution is 5.40. The van der Waals surface area contributed by atoms with E-state index >= 15 is 0 Å². The largest absolute Gasteiger partial charge is 0.497 e. The summed E-state index contributed by atoms with van der Waals surface area (Å²) in [5, 5.41) is 3.37. The maximum absolute atomic E-state index is 13.2. The van der Waals surface area contributed by atoms with Crippen LogP contribution in [-0.2, 0) is 6.54 Å². The van der Waals surface area contributed by atoms with Gasteiger partial charge in [0.05, 0.1) is 14.2 Å². The van der Waals surface area contributed by atoms with Gasteiger partial charge in [0.15, 0.2) is 0 Å². The van der Waals surface area contributed by atoms with Crippen LogP contribution in [0.4, 0.5) is 4.39 Å². The van der Waals surface area contributed by atoms with Gasteiger partial charge in [0, 0.05) is 24.2 Å². The number of ether oxygens (including phenoxy) is 2. The molecule has 1 unspecified atom stereocenters. The standard InChI is InChI=1S/C17H20FNO2/c1-12(13-5-4-6-15(18)9-13)19-11-14-7-8-16(20-2)10-17(14)21-3/h4-10,12,19H,11H2,1-3H3. The maximum Gasteiger partial charge on any atom is 0.127 e. The van der Waals surface area contributed by atoms with Gasteiger partial charge in [-0.15, -0.1) is 0 Å². The molecule has 2 aromatic rings. The van der Waals surface area contributed by atoms with E-state index in [1.807, 2.05) is 31.2 Å². The van der Waals surface area contributed by atoms with Crippen LogP contribution in [0.15, 0.2) is 42.5 Å². The van der Waals surface area contributed by atoms with Gasteiger partial charge < -0.3 is 14.8 Å². The average molecular weight is 289 g/mol. The minimum Gasteiger partial charge on any atom is -0.497 e. The lowest BCUT2D eigenvalue weighted by molar-refractivity contribution is 0.389. The van der Waals surface area contributed by atoms with Crippen molar-refractivity contribution in [1.29, 1.82) is 0 Å². The second-order valence-electron chi connectivity index (χ2n) is 4.84. The summed E-state index contributed by atoms with van der Waals surface area (Å²) in [7, 11) is 3.26. The maximum atomic E-state index is 13.2. The predicted molar refractivity (Wildman–Crippen MR) is 81.2 cm³/mol. The van der Waals surface area contributed by atoms with Gasteiger partial charge in [-0.25, -0.2) is 4.39 Å². The first kappa shape index (κ1) is 15.3. The van der Waals surface area contributed by atoms with Crippen molar-refractivity contribution >= 4 is 0 Å². The molecule has 0 bridgehead atoms. The lowest BCUT2D eigenvalue weighted by Crippen LogP contribution is -2.18. The molecule has 1 N–H and O–H groups in total. The number of methoxy groups -OCH3 is 2. The molecular formula is C17H20FNO2. The Balaban J connectivity index is 2.05. The van der Waals surface area contributed by atoms with E-state index in [1.165, 1.54) is 6.07 Å². The third-order valence-electron chi connectivity index (χ3n) is 3.44. The molecule has 0 aromatic heterocycles. The number of rotatable bonds is 6. The van der Waals surface area contributed by atoms with Crippen molar-refractivity contribution in [1.82, 2.24) is 5.32 Å². The van der Waals surface area contributed by atoms with E-state index in [0.29, 0.717) is 6.54 Å². The van der Waals surface area contributed by atoms with Gasteiger partial charge >= 0.3 is 0 Å². The molecular weight excluding hydrogens is 269 g/mol. The van der Waals surface area contributed by atoms with Crippen LogP contribution in [-0.4, -0.2) is 14.2 Å². The van der Waals surface area contributed by atoms with E-state index in [0.717, 1.165) is 22.6 Å². The van der Waals surface area contributed by atoms with Crippen LogP contribution in [0.1, 0.15) is 24.1 Å². The summed E-state index contributed by atoms with van der Waals surface area (Å²) in [6.45, 7) is 2.63. The number of nitrogens with one attached hydrogen (secondary N) is 1. The van der Waals surface area contributed by atoms with E-state index in [4.69, 9.17) is 9.47 Å². The third-order valence-corrected chi connectivity index (χ3v) is 3.44. The predicted octanol–water partition coefficient (Wildman–Crippen LogP) is 3.69. The summed E-state index contributed by atoms with van der Waals surface area (Å²) < 4.78 is 23.8. The minimum atomic E-state index is -0.219. The first-order chi connectivity index (χ1) is 10.1. The van der Waals surface area contributed by atoms with E-state index in [-0.39, 0.29) is 11.9 Å². The van der Waals surface area contributed by atoms with Crippen molar-refractivity contribution in [3.8, 4) is 11.5 Å². The summed E-state index contributed by atoms with van der Waals surface area (Å²) in [5.41, 5.74) is 1.95. The van der Waals surface area contributed by atoms with Crippen molar-refractivity contribution < 1.29 is 13.9 Å². The fourth-order valence-electron chi connectivity index (χ4n) is 2.15. The molecule has 0 saturated heterocycles. The lowest BCUT2D eigenvalue weighted by Gasteiger charge is -2.16. The molecule has 0 aliphatic carbocycles. The highest BCUT2D eigenvalue weighted by Gasteiger charge is 2.09. The zero-order chi connectivity index (χ0) is 15.2. The molecule has 0 aliphatic rings. The van der Waals surface area contributed by atoms with Gasteiger partial charge in [0.25, 0.3) is 0 Å². The molecule has 0 aliphatic heterocycles. The van der Waals surface area contributed by atoms with E-state index in [2.05, 4.69) is 5.32 Å². The van der Waals surface area contributed by atoms with Gasteiger partial charge in [-0.3, -0.25) is 0 Å². The lowest BCUT2D eigenvalue weighted by atomic mass is 10.1. The Morgan fingerprint density at radius 1 is 1.10 bits per heavy atom. The van der Waals surface area contributed by atoms with E-state index in [1.54, 1.807) is 26.4 Å². The molecule has 0 heterocycles. The second kappa shape index (κ2) is 7.09. The van der Waals surface area contributed by atoms with Crippen LogP contribution < -0.4 is 14.8 Å². The van der Waals surface area contributed by atoms with Crippen molar-refractivity contribution in [2.24, 2.45) is 0 Å². The molecule has 0 radical (unpaired) electrons. The SMILES string of the molecule is COc1ccc(CNC(C)c2cccc(F)c2)c(OC)c1. The Morgan fingerprint density at radius 2 is 1.90 bits per heavy atom. The van der Waals surface area contributed by atoms with E-state index in [9.17, 15) is 4.39 Å². The van der Waals surface area contributed by atoms with Crippen molar-refractivity contribution in [2.75, 3.05) is 14.2 Å². The molecule has 0 amide bonds. The Bertz CT molecular complexity index is 601. The molecule has 0 spiro atoms. The fourth-order valence-corrected chi connectivity index (χ4v) is 2.15. The average Bonchev–Trinajstić information content (AvgIpc) is 2.52. The smallest absolute Gasteiger partial charge is 0.127 e. The fraction of sp³-hybridized carbons (Fsp3) is 0.294. The molecule has 3 nitrogen and oxygen atoms in total.